The molecular formula is C18H29BrN2. The summed E-state index contributed by atoms with van der Waals surface area (Å²) in [5.41, 5.74) is 1.43. The van der Waals surface area contributed by atoms with Gasteiger partial charge in [0.15, 0.2) is 0 Å². The normalized spacial score (nSPS) is 20.7. The lowest BCUT2D eigenvalue weighted by Crippen LogP contribution is -2.47. The highest BCUT2D eigenvalue weighted by atomic mass is 79.9. The van der Waals surface area contributed by atoms with Crippen LogP contribution < -0.4 is 5.32 Å². The molecule has 1 heterocycles. The minimum Gasteiger partial charge on any atom is -0.313 e. The van der Waals surface area contributed by atoms with Crippen molar-refractivity contribution in [3.63, 3.8) is 0 Å². The third-order valence-corrected chi connectivity index (χ3v) is 4.97. The Balaban J connectivity index is 1.90. The van der Waals surface area contributed by atoms with E-state index in [2.05, 4.69) is 64.3 Å². The molecule has 2 rings (SSSR count). The number of nitrogens with zero attached hydrogens (tertiary/aromatic N) is 1. The molecule has 1 N–H and O–H groups in total. The zero-order chi connectivity index (χ0) is 15.1. The highest BCUT2D eigenvalue weighted by Crippen LogP contribution is 2.16. The number of nitrogens with one attached hydrogen (secondary N) is 1. The monoisotopic (exact) mass is 352 g/mol. The van der Waals surface area contributed by atoms with Crippen molar-refractivity contribution in [2.45, 2.75) is 58.0 Å². The molecule has 0 saturated carbocycles. The van der Waals surface area contributed by atoms with Crippen LogP contribution in [0.3, 0.4) is 0 Å². The van der Waals surface area contributed by atoms with Crippen molar-refractivity contribution in [3.05, 3.63) is 34.3 Å². The minimum absolute atomic E-state index is 0.606. The molecule has 2 unspecified atom stereocenters. The molecule has 1 fully saturated rings. The van der Waals surface area contributed by atoms with Crippen molar-refractivity contribution >= 4 is 15.9 Å². The predicted molar refractivity (Wildman–Crippen MR) is 94.8 cm³/mol. The molecule has 0 spiro atoms. The van der Waals surface area contributed by atoms with E-state index in [-0.39, 0.29) is 0 Å². The van der Waals surface area contributed by atoms with Crippen LogP contribution in [0.4, 0.5) is 0 Å². The molecule has 0 radical (unpaired) electrons. The summed E-state index contributed by atoms with van der Waals surface area (Å²) in [6.45, 7) is 8.27. The van der Waals surface area contributed by atoms with Crippen molar-refractivity contribution in [1.82, 2.24) is 10.2 Å². The Hall–Kier alpha value is -0.380. The summed E-state index contributed by atoms with van der Waals surface area (Å²) in [5.74, 6) is 0. The summed E-state index contributed by atoms with van der Waals surface area (Å²) < 4.78 is 1.16. The summed E-state index contributed by atoms with van der Waals surface area (Å²) in [4.78, 5) is 2.67. The number of benzene rings is 1. The van der Waals surface area contributed by atoms with Gasteiger partial charge in [-0.25, -0.2) is 0 Å². The van der Waals surface area contributed by atoms with Gasteiger partial charge in [-0.1, -0.05) is 41.4 Å². The standard InChI is InChI=1S/C18H29BrN2/c1-3-12-21(14-18-6-4-5-11-20-18)15(2)13-16-7-9-17(19)10-8-16/h7-10,15,18,20H,3-6,11-14H2,1-2H3. The van der Waals surface area contributed by atoms with Crippen molar-refractivity contribution in [1.29, 1.82) is 0 Å². The topological polar surface area (TPSA) is 15.3 Å². The molecule has 1 aliphatic heterocycles. The van der Waals surface area contributed by atoms with Crippen molar-refractivity contribution in [2.24, 2.45) is 0 Å². The lowest BCUT2D eigenvalue weighted by atomic mass is 10.0. The van der Waals surface area contributed by atoms with Gasteiger partial charge in [0, 0.05) is 23.1 Å². The van der Waals surface area contributed by atoms with E-state index >= 15 is 0 Å². The Labute approximate surface area is 138 Å². The van der Waals surface area contributed by atoms with E-state index in [1.54, 1.807) is 0 Å². The molecular weight excluding hydrogens is 324 g/mol. The van der Waals surface area contributed by atoms with Crippen LogP contribution >= 0.6 is 15.9 Å². The van der Waals surface area contributed by atoms with Crippen LogP contribution in [0.2, 0.25) is 0 Å². The average molecular weight is 353 g/mol. The molecule has 118 valence electrons. The lowest BCUT2D eigenvalue weighted by molar-refractivity contribution is 0.174. The first-order valence-electron chi connectivity index (χ1n) is 8.41. The average Bonchev–Trinajstić information content (AvgIpc) is 2.50. The fourth-order valence-electron chi connectivity index (χ4n) is 3.23. The number of hydrogen-bond acceptors (Lipinski definition) is 2. The van der Waals surface area contributed by atoms with Gasteiger partial charge in [-0.2, -0.15) is 0 Å². The molecule has 21 heavy (non-hydrogen) atoms. The van der Waals surface area contributed by atoms with E-state index < -0.39 is 0 Å². The molecule has 1 aromatic carbocycles. The molecule has 2 atom stereocenters. The maximum absolute atomic E-state index is 3.69. The predicted octanol–water partition coefficient (Wildman–Crippen LogP) is 4.23. The summed E-state index contributed by atoms with van der Waals surface area (Å²) in [6.07, 6.45) is 6.44. The zero-order valence-electron chi connectivity index (χ0n) is 13.4. The molecule has 1 aromatic rings. The van der Waals surface area contributed by atoms with E-state index in [1.165, 1.54) is 50.9 Å². The Bertz CT molecular complexity index is 398. The van der Waals surface area contributed by atoms with E-state index in [0.717, 1.165) is 10.9 Å². The number of piperidine rings is 1. The largest absolute Gasteiger partial charge is 0.313 e. The van der Waals surface area contributed by atoms with Gasteiger partial charge in [0.25, 0.3) is 0 Å². The van der Waals surface area contributed by atoms with Crippen LogP contribution in [-0.2, 0) is 6.42 Å². The van der Waals surface area contributed by atoms with Gasteiger partial charge in [0.1, 0.15) is 0 Å². The van der Waals surface area contributed by atoms with E-state index in [9.17, 15) is 0 Å². The second-order valence-electron chi connectivity index (χ2n) is 6.32. The van der Waals surface area contributed by atoms with E-state index in [0.29, 0.717) is 12.1 Å². The van der Waals surface area contributed by atoms with Gasteiger partial charge in [-0.3, -0.25) is 4.90 Å². The van der Waals surface area contributed by atoms with Crippen LogP contribution in [0.25, 0.3) is 0 Å². The first-order chi connectivity index (χ1) is 10.2. The maximum Gasteiger partial charge on any atom is 0.0195 e. The molecule has 0 bridgehead atoms. The molecule has 0 aromatic heterocycles. The van der Waals surface area contributed by atoms with Crippen molar-refractivity contribution < 1.29 is 0 Å². The summed E-state index contributed by atoms with van der Waals surface area (Å²) in [6, 6.07) is 10.1. The Morgan fingerprint density at radius 3 is 2.67 bits per heavy atom. The van der Waals surface area contributed by atoms with Gasteiger partial charge < -0.3 is 5.32 Å². The minimum atomic E-state index is 0.606. The number of hydrogen-bond donors (Lipinski definition) is 1. The highest BCUT2D eigenvalue weighted by Gasteiger charge is 2.20. The number of rotatable bonds is 7. The first-order valence-corrected chi connectivity index (χ1v) is 9.20. The quantitative estimate of drug-likeness (QED) is 0.789. The second kappa shape index (κ2) is 8.92. The maximum atomic E-state index is 3.69. The van der Waals surface area contributed by atoms with Gasteiger partial charge in [0.2, 0.25) is 0 Å². The van der Waals surface area contributed by atoms with Crippen LogP contribution in [0.5, 0.6) is 0 Å². The van der Waals surface area contributed by atoms with Crippen LogP contribution in [0.1, 0.15) is 45.1 Å². The highest BCUT2D eigenvalue weighted by molar-refractivity contribution is 9.10. The van der Waals surface area contributed by atoms with Crippen LogP contribution in [0, 0.1) is 0 Å². The SMILES string of the molecule is CCCN(CC1CCCCN1)C(C)Cc1ccc(Br)cc1. The third-order valence-electron chi connectivity index (χ3n) is 4.45. The Kier molecular flexibility index (Phi) is 7.21. The smallest absolute Gasteiger partial charge is 0.0195 e. The molecule has 1 saturated heterocycles. The summed E-state index contributed by atoms with van der Waals surface area (Å²) >= 11 is 3.51. The lowest BCUT2D eigenvalue weighted by Gasteiger charge is -2.34. The molecule has 1 aliphatic rings. The van der Waals surface area contributed by atoms with Gasteiger partial charge in [-0.05, 0) is 63.4 Å². The van der Waals surface area contributed by atoms with Crippen molar-refractivity contribution in [3.8, 4) is 0 Å². The van der Waals surface area contributed by atoms with E-state index in [1.807, 2.05) is 0 Å². The summed E-state index contributed by atoms with van der Waals surface area (Å²) in [5, 5.41) is 3.69. The summed E-state index contributed by atoms with van der Waals surface area (Å²) in [7, 11) is 0. The first kappa shape index (κ1) is 17.0. The molecule has 3 heteroatoms. The van der Waals surface area contributed by atoms with Crippen LogP contribution in [0.15, 0.2) is 28.7 Å². The van der Waals surface area contributed by atoms with Gasteiger partial charge in [-0.15, -0.1) is 0 Å². The van der Waals surface area contributed by atoms with Crippen LogP contribution in [-0.4, -0.2) is 36.6 Å². The molecule has 0 amide bonds. The van der Waals surface area contributed by atoms with Gasteiger partial charge in [0.05, 0.1) is 0 Å². The third kappa shape index (κ3) is 5.72. The Morgan fingerprint density at radius 1 is 1.29 bits per heavy atom. The molecule has 0 aliphatic carbocycles. The zero-order valence-corrected chi connectivity index (χ0v) is 15.0. The second-order valence-corrected chi connectivity index (χ2v) is 7.24. The fourth-order valence-corrected chi connectivity index (χ4v) is 3.50. The van der Waals surface area contributed by atoms with Crippen molar-refractivity contribution in [2.75, 3.05) is 19.6 Å². The van der Waals surface area contributed by atoms with Gasteiger partial charge >= 0.3 is 0 Å². The van der Waals surface area contributed by atoms with E-state index in [4.69, 9.17) is 0 Å². The Morgan fingerprint density at radius 2 is 2.05 bits per heavy atom. The molecule has 2 nitrogen and oxygen atoms in total. The fraction of sp³-hybridized carbons (Fsp3) is 0.667. The number of halogens is 1.